The summed E-state index contributed by atoms with van der Waals surface area (Å²) in [6, 6.07) is 0. The summed E-state index contributed by atoms with van der Waals surface area (Å²) in [6.45, 7) is 9.49. The molecule has 0 atom stereocenters. The first-order valence-electron chi connectivity index (χ1n) is 4.72. The molecule has 70 valence electrons. The van der Waals surface area contributed by atoms with Crippen LogP contribution in [0, 0.1) is 0 Å². The van der Waals surface area contributed by atoms with Crippen molar-refractivity contribution in [1.82, 2.24) is 10.2 Å². The molecule has 1 saturated heterocycles. The zero-order chi connectivity index (χ0) is 9.03. The Labute approximate surface area is 75.6 Å². The molecular formula is C10H20N2. The van der Waals surface area contributed by atoms with Gasteiger partial charge >= 0.3 is 0 Å². The first-order chi connectivity index (χ1) is 5.70. The van der Waals surface area contributed by atoms with Crippen molar-refractivity contribution in [2.75, 3.05) is 26.7 Å². The van der Waals surface area contributed by atoms with Crippen LogP contribution in [0.4, 0.5) is 0 Å². The highest BCUT2D eigenvalue weighted by molar-refractivity contribution is 4.89. The van der Waals surface area contributed by atoms with Crippen molar-refractivity contribution in [1.29, 1.82) is 0 Å². The fourth-order valence-corrected chi connectivity index (χ4v) is 1.66. The molecule has 1 N–H and O–H groups in total. The maximum Gasteiger partial charge on any atom is 0.0174 e. The average molecular weight is 168 g/mol. The number of nitrogens with one attached hydrogen (secondary N) is 1. The second-order valence-corrected chi connectivity index (χ2v) is 3.90. The number of rotatable bonds is 3. The molecule has 1 heterocycles. The highest BCUT2D eigenvalue weighted by Gasteiger charge is 2.27. The molecule has 12 heavy (non-hydrogen) atoms. The Morgan fingerprint density at radius 2 is 2.08 bits per heavy atom. The van der Waals surface area contributed by atoms with Crippen LogP contribution in [0.15, 0.2) is 12.7 Å². The Bertz CT molecular complexity index is 146. The second-order valence-electron chi connectivity index (χ2n) is 3.90. The van der Waals surface area contributed by atoms with Crippen LogP contribution in [0.5, 0.6) is 0 Å². The molecule has 0 amide bonds. The summed E-state index contributed by atoms with van der Waals surface area (Å²) in [6.07, 6.45) is 4.48. The van der Waals surface area contributed by atoms with Gasteiger partial charge in [-0.15, -0.1) is 6.58 Å². The largest absolute Gasteiger partial charge is 0.314 e. The van der Waals surface area contributed by atoms with Gasteiger partial charge in [0.1, 0.15) is 0 Å². The SMILES string of the molecule is C=CCN1CCC(C)(NC)CC1. The Balaban J connectivity index is 2.33. The van der Waals surface area contributed by atoms with E-state index in [-0.39, 0.29) is 0 Å². The van der Waals surface area contributed by atoms with Crippen molar-refractivity contribution in [2.45, 2.75) is 25.3 Å². The molecule has 0 radical (unpaired) electrons. The lowest BCUT2D eigenvalue weighted by Gasteiger charge is -2.38. The van der Waals surface area contributed by atoms with Gasteiger partial charge in [0.05, 0.1) is 0 Å². The highest BCUT2D eigenvalue weighted by Crippen LogP contribution is 2.20. The van der Waals surface area contributed by atoms with Gasteiger partial charge in [-0.25, -0.2) is 0 Å². The predicted octanol–water partition coefficient (Wildman–Crippen LogP) is 1.25. The van der Waals surface area contributed by atoms with E-state index >= 15 is 0 Å². The van der Waals surface area contributed by atoms with E-state index in [4.69, 9.17) is 0 Å². The predicted molar refractivity (Wildman–Crippen MR) is 53.3 cm³/mol. The van der Waals surface area contributed by atoms with Crippen LogP contribution in [0.25, 0.3) is 0 Å². The van der Waals surface area contributed by atoms with Crippen molar-refractivity contribution in [3.63, 3.8) is 0 Å². The third-order valence-electron chi connectivity index (χ3n) is 2.95. The minimum atomic E-state index is 0.373. The highest BCUT2D eigenvalue weighted by atomic mass is 15.1. The number of hydrogen-bond donors (Lipinski definition) is 1. The number of likely N-dealkylation sites (tertiary alicyclic amines) is 1. The van der Waals surface area contributed by atoms with Gasteiger partial charge in [-0.2, -0.15) is 0 Å². The van der Waals surface area contributed by atoms with Crippen molar-refractivity contribution in [3.8, 4) is 0 Å². The summed E-state index contributed by atoms with van der Waals surface area (Å²) < 4.78 is 0. The summed E-state index contributed by atoms with van der Waals surface area (Å²) >= 11 is 0. The second kappa shape index (κ2) is 4.06. The first kappa shape index (κ1) is 9.75. The van der Waals surface area contributed by atoms with E-state index in [1.165, 1.54) is 25.9 Å². The van der Waals surface area contributed by atoms with Crippen molar-refractivity contribution in [2.24, 2.45) is 0 Å². The van der Waals surface area contributed by atoms with E-state index in [0.29, 0.717) is 5.54 Å². The van der Waals surface area contributed by atoms with Crippen LogP contribution in [0.3, 0.4) is 0 Å². The van der Waals surface area contributed by atoms with Crippen molar-refractivity contribution >= 4 is 0 Å². The van der Waals surface area contributed by atoms with Gasteiger partial charge in [0.15, 0.2) is 0 Å². The Morgan fingerprint density at radius 3 is 2.50 bits per heavy atom. The van der Waals surface area contributed by atoms with E-state index in [1.807, 2.05) is 6.08 Å². The molecule has 2 nitrogen and oxygen atoms in total. The summed E-state index contributed by atoms with van der Waals surface area (Å²) in [7, 11) is 2.06. The van der Waals surface area contributed by atoms with Gasteiger partial charge in [0, 0.05) is 25.2 Å². The van der Waals surface area contributed by atoms with Gasteiger partial charge in [0.25, 0.3) is 0 Å². The van der Waals surface area contributed by atoms with Gasteiger partial charge in [-0.05, 0) is 26.8 Å². The van der Waals surface area contributed by atoms with Crippen LogP contribution in [-0.2, 0) is 0 Å². The molecule has 0 bridgehead atoms. The van der Waals surface area contributed by atoms with E-state index in [9.17, 15) is 0 Å². The van der Waals surface area contributed by atoms with E-state index in [0.717, 1.165) is 6.54 Å². The van der Waals surface area contributed by atoms with Gasteiger partial charge in [0.2, 0.25) is 0 Å². The minimum absolute atomic E-state index is 0.373. The summed E-state index contributed by atoms with van der Waals surface area (Å²) in [5.74, 6) is 0. The normalized spacial score (nSPS) is 23.8. The van der Waals surface area contributed by atoms with Crippen molar-refractivity contribution in [3.05, 3.63) is 12.7 Å². The first-order valence-corrected chi connectivity index (χ1v) is 4.72. The van der Waals surface area contributed by atoms with Crippen molar-refractivity contribution < 1.29 is 0 Å². The van der Waals surface area contributed by atoms with Crippen LogP contribution in [-0.4, -0.2) is 37.1 Å². The average Bonchev–Trinajstić information content (AvgIpc) is 2.10. The lowest BCUT2D eigenvalue weighted by molar-refractivity contribution is 0.164. The molecule has 1 fully saturated rings. The molecule has 0 saturated carbocycles. The Kier molecular flexibility index (Phi) is 3.29. The monoisotopic (exact) mass is 168 g/mol. The van der Waals surface area contributed by atoms with Crippen LogP contribution < -0.4 is 5.32 Å². The molecular weight excluding hydrogens is 148 g/mol. The summed E-state index contributed by atoms with van der Waals surface area (Å²) in [5.41, 5.74) is 0.373. The number of hydrogen-bond acceptors (Lipinski definition) is 2. The maximum atomic E-state index is 3.75. The molecule has 0 unspecified atom stereocenters. The molecule has 1 aliphatic heterocycles. The zero-order valence-corrected chi connectivity index (χ0v) is 8.27. The molecule has 0 aromatic carbocycles. The van der Waals surface area contributed by atoms with E-state index < -0.39 is 0 Å². The topological polar surface area (TPSA) is 15.3 Å². The Hall–Kier alpha value is -0.340. The van der Waals surface area contributed by atoms with E-state index in [1.54, 1.807) is 0 Å². The third kappa shape index (κ3) is 2.32. The lowest BCUT2D eigenvalue weighted by atomic mass is 9.90. The number of nitrogens with zero attached hydrogens (tertiary/aromatic N) is 1. The zero-order valence-electron chi connectivity index (χ0n) is 8.27. The number of piperidine rings is 1. The van der Waals surface area contributed by atoms with Gasteiger partial charge < -0.3 is 5.32 Å². The standard InChI is InChI=1S/C10H20N2/c1-4-7-12-8-5-10(2,11-3)6-9-12/h4,11H,1,5-9H2,2-3H3. The lowest BCUT2D eigenvalue weighted by Crippen LogP contribution is -2.49. The maximum absolute atomic E-state index is 3.75. The van der Waals surface area contributed by atoms with Crippen LogP contribution in [0.2, 0.25) is 0 Å². The van der Waals surface area contributed by atoms with Gasteiger partial charge in [-0.3, -0.25) is 4.90 Å². The molecule has 0 aromatic heterocycles. The summed E-state index contributed by atoms with van der Waals surface area (Å²) in [5, 5.41) is 3.39. The van der Waals surface area contributed by atoms with Crippen LogP contribution >= 0.6 is 0 Å². The Morgan fingerprint density at radius 1 is 1.50 bits per heavy atom. The smallest absolute Gasteiger partial charge is 0.0174 e. The molecule has 0 spiro atoms. The quantitative estimate of drug-likeness (QED) is 0.638. The van der Waals surface area contributed by atoms with Crippen LogP contribution in [0.1, 0.15) is 19.8 Å². The molecule has 0 aromatic rings. The minimum Gasteiger partial charge on any atom is -0.314 e. The fourth-order valence-electron chi connectivity index (χ4n) is 1.66. The fraction of sp³-hybridized carbons (Fsp3) is 0.800. The molecule has 1 rings (SSSR count). The van der Waals surface area contributed by atoms with Gasteiger partial charge in [-0.1, -0.05) is 6.08 Å². The molecule has 2 heteroatoms. The molecule has 0 aliphatic carbocycles. The molecule has 1 aliphatic rings. The summed E-state index contributed by atoms with van der Waals surface area (Å²) in [4.78, 5) is 2.45. The van der Waals surface area contributed by atoms with E-state index in [2.05, 4.69) is 30.8 Å². The third-order valence-corrected chi connectivity index (χ3v) is 2.95.